The summed E-state index contributed by atoms with van der Waals surface area (Å²) in [5, 5.41) is 0. The second-order valence-corrected chi connectivity index (χ2v) is 7.18. The van der Waals surface area contributed by atoms with Gasteiger partial charge in [0.2, 0.25) is 11.8 Å². The summed E-state index contributed by atoms with van der Waals surface area (Å²) in [5.41, 5.74) is 1.61. The Morgan fingerprint density at radius 3 is 2.19 bits per heavy atom. The number of imide groups is 1. The molecule has 2 fully saturated rings. The maximum Gasteiger partial charge on any atom is 0.343 e. The van der Waals surface area contributed by atoms with E-state index in [0.717, 1.165) is 31.2 Å². The first kappa shape index (κ1) is 17.5. The van der Waals surface area contributed by atoms with Gasteiger partial charge < -0.3 is 4.74 Å². The SMILES string of the molecule is Cc1ccccc1C(=O)Oc1ccccc1N1C(=O)C2CCCCC2C1=O. The minimum atomic E-state index is -0.503. The Bertz CT molecular complexity index is 896. The van der Waals surface area contributed by atoms with Crippen molar-refractivity contribution in [3.63, 3.8) is 0 Å². The van der Waals surface area contributed by atoms with Crippen LogP contribution in [0.25, 0.3) is 0 Å². The number of hydrogen-bond acceptors (Lipinski definition) is 4. The summed E-state index contributed by atoms with van der Waals surface area (Å²) in [7, 11) is 0. The van der Waals surface area contributed by atoms with E-state index >= 15 is 0 Å². The molecule has 1 saturated heterocycles. The molecule has 2 aromatic rings. The third kappa shape index (κ3) is 3.03. The molecule has 0 radical (unpaired) electrons. The van der Waals surface area contributed by atoms with Crippen molar-refractivity contribution in [1.82, 2.24) is 0 Å². The molecular weight excluding hydrogens is 342 g/mol. The molecule has 5 heteroatoms. The summed E-state index contributed by atoms with van der Waals surface area (Å²) >= 11 is 0. The normalized spacial score (nSPS) is 21.9. The zero-order valence-electron chi connectivity index (χ0n) is 15.2. The van der Waals surface area contributed by atoms with Gasteiger partial charge in [0, 0.05) is 0 Å². The van der Waals surface area contributed by atoms with Crippen molar-refractivity contribution in [3.05, 3.63) is 59.7 Å². The van der Waals surface area contributed by atoms with Gasteiger partial charge in [-0.3, -0.25) is 9.59 Å². The Balaban J connectivity index is 1.66. The number of para-hydroxylation sites is 2. The minimum Gasteiger partial charge on any atom is -0.421 e. The van der Waals surface area contributed by atoms with Gasteiger partial charge >= 0.3 is 5.97 Å². The Morgan fingerprint density at radius 2 is 1.52 bits per heavy atom. The molecular formula is C22H21NO4. The van der Waals surface area contributed by atoms with Gasteiger partial charge in [0.05, 0.1) is 23.1 Å². The fraction of sp³-hybridized carbons (Fsp3) is 0.318. The molecule has 1 saturated carbocycles. The maximum atomic E-state index is 12.9. The van der Waals surface area contributed by atoms with E-state index in [1.165, 1.54) is 4.90 Å². The Morgan fingerprint density at radius 1 is 0.926 bits per heavy atom. The first-order valence-corrected chi connectivity index (χ1v) is 9.32. The fourth-order valence-electron chi connectivity index (χ4n) is 4.08. The van der Waals surface area contributed by atoms with Crippen LogP contribution in [0, 0.1) is 18.8 Å². The first-order valence-electron chi connectivity index (χ1n) is 9.32. The molecule has 2 atom stereocenters. The quantitative estimate of drug-likeness (QED) is 0.471. The van der Waals surface area contributed by atoms with E-state index in [9.17, 15) is 14.4 Å². The van der Waals surface area contributed by atoms with Crippen LogP contribution in [-0.2, 0) is 9.59 Å². The van der Waals surface area contributed by atoms with Crippen molar-refractivity contribution in [2.24, 2.45) is 11.8 Å². The monoisotopic (exact) mass is 363 g/mol. The van der Waals surface area contributed by atoms with Crippen molar-refractivity contribution in [2.75, 3.05) is 4.90 Å². The van der Waals surface area contributed by atoms with Crippen molar-refractivity contribution in [2.45, 2.75) is 32.6 Å². The van der Waals surface area contributed by atoms with Crippen LogP contribution in [-0.4, -0.2) is 17.8 Å². The number of carbonyl (C=O) groups is 3. The molecule has 0 bridgehead atoms. The molecule has 1 aliphatic carbocycles. The third-order valence-electron chi connectivity index (χ3n) is 5.51. The molecule has 4 rings (SSSR count). The molecule has 5 nitrogen and oxygen atoms in total. The molecule has 0 N–H and O–H groups in total. The zero-order chi connectivity index (χ0) is 19.0. The molecule has 27 heavy (non-hydrogen) atoms. The standard InChI is InChI=1S/C22H21NO4/c1-14-8-2-3-9-15(14)22(26)27-19-13-7-6-12-18(19)23-20(24)16-10-4-5-11-17(16)21(23)25/h2-3,6-9,12-13,16-17H,4-5,10-11H2,1H3. The number of nitrogens with zero attached hydrogens (tertiary/aromatic N) is 1. The Hall–Kier alpha value is -2.95. The van der Waals surface area contributed by atoms with E-state index in [1.54, 1.807) is 36.4 Å². The Kier molecular flexibility index (Phi) is 4.52. The summed E-state index contributed by atoms with van der Waals surface area (Å²) in [4.78, 5) is 39.6. The summed E-state index contributed by atoms with van der Waals surface area (Å²) in [5.74, 6) is -1.12. The number of fused-ring (bicyclic) bond motifs is 1. The zero-order valence-corrected chi connectivity index (χ0v) is 15.2. The lowest BCUT2D eigenvalue weighted by Gasteiger charge is -2.19. The highest BCUT2D eigenvalue weighted by Crippen LogP contribution is 2.42. The number of ether oxygens (including phenoxy) is 1. The highest BCUT2D eigenvalue weighted by Gasteiger charge is 2.49. The highest BCUT2D eigenvalue weighted by molar-refractivity contribution is 6.22. The second kappa shape index (κ2) is 6.99. The number of aryl methyl sites for hydroxylation is 1. The second-order valence-electron chi connectivity index (χ2n) is 7.18. The van der Waals surface area contributed by atoms with Crippen LogP contribution < -0.4 is 9.64 Å². The molecule has 0 aromatic heterocycles. The van der Waals surface area contributed by atoms with Crippen LogP contribution in [0.3, 0.4) is 0 Å². The minimum absolute atomic E-state index is 0.177. The van der Waals surface area contributed by atoms with Crippen LogP contribution in [0.15, 0.2) is 48.5 Å². The number of rotatable bonds is 3. The topological polar surface area (TPSA) is 63.7 Å². The number of carbonyl (C=O) groups excluding carboxylic acids is 3. The smallest absolute Gasteiger partial charge is 0.343 e. The largest absolute Gasteiger partial charge is 0.421 e. The number of amides is 2. The predicted octanol–water partition coefficient (Wildman–Crippen LogP) is 3.89. The van der Waals surface area contributed by atoms with Crippen LogP contribution in [0.2, 0.25) is 0 Å². The van der Waals surface area contributed by atoms with Gasteiger partial charge in [-0.25, -0.2) is 9.69 Å². The summed E-state index contributed by atoms with van der Waals surface area (Å²) in [6.07, 6.45) is 3.43. The maximum absolute atomic E-state index is 12.9. The van der Waals surface area contributed by atoms with Crippen molar-refractivity contribution in [1.29, 1.82) is 0 Å². The number of hydrogen-bond donors (Lipinski definition) is 0. The van der Waals surface area contributed by atoms with Gasteiger partial charge in [-0.05, 0) is 43.5 Å². The lowest BCUT2D eigenvalue weighted by Crippen LogP contribution is -2.31. The summed E-state index contributed by atoms with van der Waals surface area (Å²) in [6, 6.07) is 13.9. The van der Waals surface area contributed by atoms with Gasteiger partial charge in [0.1, 0.15) is 0 Å². The van der Waals surface area contributed by atoms with Crippen LogP contribution in [0.4, 0.5) is 5.69 Å². The Labute approximate surface area is 157 Å². The van der Waals surface area contributed by atoms with Gasteiger partial charge in [-0.1, -0.05) is 43.2 Å². The number of benzene rings is 2. The molecule has 2 amide bonds. The number of anilines is 1. The van der Waals surface area contributed by atoms with E-state index in [4.69, 9.17) is 4.74 Å². The van der Waals surface area contributed by atoms with E-state index in [2.05, 4.69) is 0 Å². The highest BCUT2D eigenvalue weighted by atomic mass is 16.5. The van der Waals surface area contributed by atoms with Crippen LogP contribution >= 0.6 is 0 Å². The molecule has 2 unspecified atom stereocenters. The summed E-state index contributed by atoms with van der Waals surface area (Å²) < 4.78 is 5.59. The van der Waals surface area contributed by atoms with Crippen molar-refractivity contribution >= 4 is 23.5 Å². The van der Waals surface area contributed by atoms with E-state index in [0.29, 0.717) is 11.3 Å². The van der Waals surface area contributed by atoms with Crippen molar-refractivity contribution in [3.8, 4) is 5.75 Å². The van der Waals surface area contributed by atoms with E-state index in [-0.39, 0.29) is 29.4 Å². The molecule has 1 aliphatic heterocycles. The summed E-state index contributed by atoms with van der Waals surface area (Å²) in [6.45, 7) is 1.83. The molecule has 0 spiro atoms. The lowest BCUT2D eigenvalue weighted by atomic mass is 9.81. The average molecular weight is 363 g/mol. The average Bonchev–Trinajstić information content (AvgIpc) is 2.94. The molecule has 2 aromatic carbocycles. The van der Waals surface area contributed by atoms with Crippen LogP contribution in [0.1, 0.15) is 41.6 Å². The van der Waals surface area contributed by atoms with Gasteiger partial charge in [0.25, 0.3) is 0 Å². The van der Waals surface area contributed by atoms with Crippen LogP contribution in [0.5, 0.6) is 5.75 Å². The third-order valence-corrected chi connectivity index (χ3v) is 5.51. The van der Waals surface area contributed by atoms with E-state index < -0.39 is 5.97 Å². The number of esters is 1. The first-order chi connectivity index (χ1) is 13.1. The van der Waals surface area contributed by atoms with Crippen molar-refractivity contribution < 1.29 is 19.1 Å². The van der Waals surface area contributed by atoms with E-state index in [1.807, 2.05) is 19.1 Å². The fourth-order valence-corrected chi connectivity index (χ4v) is 4.08. The predicted molar refractivity (Wildman–Crippen MR) is 101 cm³/mol. The molecule has 1 heterocycles. The van der Waals surface area contributed by atoms with Gasteiger partial charge in [0.15, 0.2) is 5.75 Å². The lowest BCUT2D eigenvalue weighted by molar-refractivity contribution is -0.122. The van der Waals surface area contributed by atoms with Gasteiger partial charge in [-0.15, -0.1) is 0 Å². The molecule has 2 aliphatic rings. The molecule has 138 valence electrons. The van der Waals surface area contributed by atoms with Gasteiger partial charge in [-0.2, -0.15) is 0 Å².